The Hall–Kier alpha value is -2.53. The van der Waals surface area contributed by atoms with Gasteiger partial charge in [0.25, 0.3) is 6.01 Å². The summed E-state index contributed by atoms with van der Waals surface area (Å²) < 4.78 is 5.49. The van der Waals surface area contributed by atoms with Gasteiger partial charge in [-0.3, -0.25) is 0 Å². The molecule has 1 aromatic heterocycles. The van der Waals surface area contributed by atoms with Crippen LogP contribution in [-0.4, -0.2) is 16.1 Å². The topological polar surface area (TPSA) is 75.4 Å². The monoisotopic (exact) mass is 302 g/mol. The summed E-state index contributed by atoms with van der Waals surface area (Å²) in [6, 6.07) is 12.4. The van der Waals surface area contributed by atoms with Crippen LogP contribution in [0.3, 0.4) is 0 Å². The van der Waals surface area contributed by atoms with Gasteiger partial charge in [-0.15, -0.1) is 0 Å². The minimum absolute atomic E-state index is 0.163. The summed E-state index contributed by atoms with van der Waals surface area (Å²) in [4.78, 5) is 15.2. The number of hydrogen-bond acceptors (Lipinski definition) is 4. The third-order valence-electron chi connectivity index (χ3n) is 3.02. The first-order valence-corrected chi connectivity index (χ1v) is 6.62. The number of rotatable bonds is 4. The lowest BCUT2D eigenvalue weighted by Gasteiger charge is -2.03. The van der Waals surface area contributed by atoms with Crippen molar-refractivity contribution in [1.82, 2.24) is 4.98 Å². The second-order valence-electron chi connectivity index (χ2n) is 4.45. The molecule has 0 atom stereocenters. The van der Waals surface area contributed by atoms with Gasteiger partial charge in [0.1, 0.15) is 5.52 Å². The van der Waals surface area contributed by atoms with Crippen molar-refractivity contribution in [2.45, 2.75) is 6.54 Å². The van der Waals surface area contributed by atoms with Crippen molar-refractivity contribution >= 4 is 34.7 Å². The van der Waals surface area contributed by atoms with Crippen LogP contribution in [0.1, 0.15) is 15.9 Å². The Balaban J connectivity index is 1.82. The van der Waals surface area contributed by atoms with Crippen LogP contribution in [0.2, 0.25) is 5.02 Å². The quantitative estimate of drug-likeness (QED) is 0.767. The highest BCUT2D eigenvalue weighted by molar-refractivity contribution is 6.31. The van der Waals surface area contributed by atoms with E-state index in [1.54, 1.807) is 6.07 Å². The fourth-order valence-corrected chi connectivity index (χ4v) is 2.15. The first kappa shape index (κ1) is 13.5. The molecule has 106 valence electrons. The van der Waals surface area contributed by atoms with Crippen LogP contribution in [0.15, 0.2) is 46.9 Å². The van der Waals surface area contributed by atoms with E-state index in [1.165, 1.54) is 12.1 Å². The molecule has 3 aromatic rings. The number of anilines is 1. The molecule has 0 fully saturated rings. The van der Waals surface area contributed by atoms with Gasteiger partial charge in [0.15, 0.2) is 5.58 Å². The van der Waals surface area contributed by atoms with Gasteiger partial charge in [-0.2, -0.15) is 4.98 Å². The number of benzene rings is 2. The number of aromatic carboxylic acids is 1. The number of carbonyl (C=O) groups is 1. The maximum atomic E-state index is 10.9. The average Bonchev–Trinajstić information content (AvgIpc) is 2.88. The highest BCUT2D eigenvalue weighted by atomic mass is 35.5. The number of carboxylic acids is 1. The standard InChI is InChI=1S/C15H11ClN2O3/c16-11-4-2-1-3-10(11)8-17-15-18-12-6-5-9(14(19)20)7-13(12)21-15/h1-7H,8H2,(H,17,18)(H,19,20). The summed E-state index contributed by atoms with van der Waals surface area (Å²) in [6.07, 6.45) is 0. The molecule has 0 bridgehead atoms. The van der Waals surface area contributed by atoms with Crippen molar-refractivity contribution in [3.8, 4) is 0 Å². The molecule has 0 spiro atoms. The van der Waals surface area contributed by atoms with Gasteiger partial charge in [-0.25, -0.2) is 4.79 Å². The Kier molecular flexibility index (Phi) is 3.50. The highest BCUT2D eigenvalue weighted by Gasteiger charge is 2.10. The predicted octanol–water partition coefficient (Wildman–Crippen LogP) is 3.79. The van der Waals surface area contributed by atoms with E-state index in [2.05, 4.69) is 10.3 Å². The van der Waals surface area contributed by atoms with E-state index in [4.69, 9.17) is 21.1 Å². The van der Waals surface area contributed by atoms with Crippen molar-refractivity contribution < 1.29 is 14.3 Å². The van der Waals surface area contributed by atoms with Crippen LogP contribution in [-0.2, 0) is 6.54 Å². The molecular weight excluding hydrogens is 292 g/mol. The lowest BCUT2D eigenvalue weighted by atomic mass is 10.2. The summed E-state index contributed by atoms with van der Waals surface area (Å²) in [5, 5.41) is 12.6. The Morgan fingerprint density at radius 1 is 1.29 bits per heavy atom. The van der Waals surface area contributed by atoms with Crippen molar-refractivity contribution in [3.05, 3.63) is 58.6 Å². The Morgan fingerprint density at radius 3 is 2.86 bits per heavy atom. The highest BCUT2D eigenvalue weighted by Crippen LogP contribution is 2.22. The molecule has 0 aliphatic rings. The molecule has 2 aromatic carbocycles. The van der Waals surface area contributed by atoms with Gasteiger partial charge >= 0.3 is 5.97 Å². The Labute approximate surface area is 125 Å². The van der Waals surface area contributed by atoms with Crippen LogP contribution >= 0.6 is 11.6 Å². The van der Waals surface area contributed by atoms with Gasteiger partial charge in [0.05, 0.1) is 5.56 Å². The minimum atomic E-state index is -1.00. The van der Waals surface area contributed by atoms with Crippen molar-refractivity contribution in [1.29, 1.82) is 0 Å². The van der Waals surface area contributed by atoms with E-state index in [0.29, 0.717) is 28.7 Å². The molecule has 0 aliphatic carbocycles. The van der Waals surface area contributed by atoms with Gasteiger partial charge < -0.3 is 14.8 Å². The fraction of sp³-hybridized carbons (Fsp3) is 0.0667. The molecule has 0 amide bonds. The second kappa shape index (κ2) is 5.46. The molecule has 1 heterocycles. The molecule has 21 heavy (non-hydrogen) atoms. The van der Waals surface area contributed by atoms with Crippen LogP contribution < -0.4 is 5.32 Å². The summed E-state index contributed by atoms with van der Waals surface area (Å²) in [6.45, 7) is 0.471. The molecule has 6 heteroatoms. The molecular formula is C15H11ClN2O3. The van der Waals surface area contributed by atoms with Gasteiger partial charge in [-0.05, 0) is 29.8 Å². The maximum absolute atomic E-state index is 10.9. The summed E-state index contributed by atoms with van der Waals surface area (Å²) in [5.74, 6) is -1.00. The van der Waals surface area contributed by atoms with E-state index >= 15 is 0 Å². The fourth-order valence-electron chi connectivity index (χ4n) is 1.95. The predicted molar refractivity (Wildman–Crippen MR) is 79.7 cm³/mol. The lowest BCUT2D eigenvalue weighted by molar-refractivity contribution is 0.0697. The van der Waals surface area contributed by atoms with Gasteiger partial charge in [0, 0.05) is 11.6 Å². The van der Waals surface area contributed by atoms with Crippen LogP contribution in [0.25, 0.3) is 11.1 Å². The lowest BCUT2D eigenvalue weighted by Crippen LogP contribution is -1.99. The van der Waals surface area contributed by atoms with Crippen molar-refractivity contribution in [2.75, 3.05) is 5.32 Å². The number of nitrogens with zero attached hydrogens (tertiary/aromatic N) is 1. The number of aromatic nitrogens is 1. The number of hydrogen-bond donors (Lipinski definition) is 2. The van der Waals surface area contributed by atoms with E-state index in [0.717, 1.165) is 5.56 Å². The van der Waals surface area contributed by atoms with E-state index in [9.17, 15) is 4.79 Å². The van der Waals surface area contributed by atoms with E-state index in [-0.39, 0.29) is 5.56 Å². The smallest absolute Gasteiger partial charge is 0.335 e. The van der Waals surface area contributed by atoms with E-state index < -0.39 is 5.97 Å². The third-order valence-corrected chi connectivity index (χ3v) is 3.39. The molecule has 0 unspecified atom stereocenters. The summed E-state index contributed by atoms with van der Waals surface area (Å²) in [5.41, 5.74) is 2.11. The largest absolute Gasteiger partial charge is 0.478 e. The third kappa shape index (κ3) is 2.83. The summed E-state index contributed by atoms with van der Waals surface area (Å²) >= 11 is 6.07. The molecule has 0 aliphatic heterocycles. The SMILES string of the molecule is O=C(O)c1ccc2nc(NCc3ccccc3Cl)oc2c1. The van der Waals surface area contributed by atoms with Gasteiger partial charge in [-0.1, -0.05) is 29.8 Å². The zero-order valence-electron chi connectivity index (χ0n) is 10.8. The van der Waals surface area contributed by atoms with Crippen LogP contribution in [0.5, 0.6) is 0 Å². The molecule has 2 N–H and O–H groups in total. The van der Waals surface area contributed by atoms with Crippen molar-refractivity contribution in [2.24, 2.45) is 0 Å². The average molecular weight is 303 g/mol. The Bertz CT molecular complexity index is 814. The second-order valence-corrected chi connectivity index (χ2v) is 4.86. The zero-order valence-corrected chi connectivity index (χ0v) is 11.6. The molecule has 0 saturated carbocycles. The maximum Gasteiger partial charge on any atom is 0.335 e. The van der Waals surface area contributed by atoms with Gasteiger partial charge in [0.2, 0.25) is 0 Å². The van der Waals surface area contributed by atoms with E-state index in [1.807, 2.05) is 24.3 Å². The summed E-state index contributed by atoms with van der Waals surface area (Å²) in [7, 11) is 0. The first-order chi connectivity index (χ1) is 10.1. The van der Waals surface area contributed by atoms with Crippen molar-refractivity contribution in [3.63, 3.8) is 0 Å². The number of halogens is 1. The molecule has 5 nitrogen and oxygen atoms in total. The molecule has 0 saturated heterocycles. The number of fused-ring (bicyclic) bond motifs is 1. The minimum Gasteiger partial charge on any atom is -0.478 e. The number of oxazole rings is 1. The first-order valence-electron chi connectivity index (χ1n) is 6.24. The number of nitrogens with one attached hydrogen (secondary N) is 1. The normalized spacial score (nSPS) is 10.7. The Morgan fingerprint density at radius 2 is 2.10 bits per heavy atom. The zero-order chi connectivity index (χ0) is 14.8. The van der Waals surface area contributed by atoms with Crippen LogP contribution in [0, 0.1) is 0 Å². The molecule has 3 rings (SSSR count). The van der Waals surface area contributed by atoms with Crippen LogP contribution in [0.4, 0.5) is 6.01 Å². The molecule has 0 radical (unpaired) electrons. The number of carboxylic acid groups (broad SMARTS) is 1.